The number of benzene rings is 2. The van der Waals surface area contributed by atoms with Gasteiger partial charge in [0.1, 0.15) is 11.6 Å². The largest absolute Gasteiger partial charge is 0.322 e. The molecule has 0 bridgehead atoms. The summed E-state index contributed by atoms with van der Waals surface area (Å²) in [4.78, 5) is 11.9. The number of carbonyl (C=O) groups is 1. The molecule has 2 aromatic rings. The topological polar surface area (TPSA) is 29.1 Å². The first-order valence-corrected chi connectivity index (χ1v) is 7.03. The molecule has 0 aliphatic heterocycles. The Hall–Kier alpha value is -1.65. The van der Waals surface area contributed by atoms with Crippen molar-refractivity contribution in [1.29, 1.82) is 0 Å². The Morgan fingerprint density at radius 1 is 1.10 bits per heavy atom. The SMILES string of the molecule is O=C(Nc1ccc(CCCl)cc1)c1cc(F)c(Cl)cc1F. The van der Waals surface area contributed by atoms with Crippen LogP contribution in [0.25, 0.3) is 0 Å². The fourth-order valence-electron chi connectivity index (χ4n) is 1.76. The Labute approximate surface area is 130 Å². The first-order valence-electron chi connectivity index (χ1n) is 6.12. The molecule has 6 heteroatoms. The monoisotopic (exact) mass is 329 g/mol. The highest BCUT2D eigenvalue weighted by Crippen LogP contribution is 2.20. The van der Waals surface area contributed by atoms with E-state index in [1.54, 1.807) is 24.3 Å². The van der Waals surface area contributed by atoms with Crippen molar-refractivity contribution in [3.05, 3.63) is 64.2 Å². The summed E-state index contributed by atoms with van der Waals surface area (Å²) in [7, 11) is 0. The van der Waals surface area contributed by atoms with Crippen LogP contribution in [-0.2, 0) is 6.42 Å². The maximum atomic E-state index is 13.6. The molecule has 0 heterocycles. The van der Waals surface area contributed by atoms with E-state index in [-0.39, 0.29) is 5.02 Å². The van der Waals surface area contributed by atoms with Crippen molar-refractivity contribution < 1.29 is 13.6 Å². The lowest BCUT2D eigenvalue weighted by Gasteiger charge is -2.08. The molecule has 0 saturated heterocycles. The number of rotatable bonds is 4. The third-order valence-electron chi connectivity index (χ3n) is 2.85. The highest BCUT2D eigenvalue weighted by molar-refractivity contribution is 6.30. The van der Waals surface area contributed by atoms with Crippen LogP contribution >= 0.6 is 23.2 Å². The lowest BCUT2D eigenvalue weighted by Crippen LogP contribution is -2.14. The quantitative estimate of drug-likeness (QED) is 0.642. The van der Waals surface area contributed by atoms with Crippen LogP contribution in [0.15, 0.2) is 36.4 Å². The zero-order chi connectivity index (χ0) is 15.4. The predicted molar refractivity (Wildman–Crippen MR) is 80.2 cm³/mol. The van der Waals surface area contributed by atoms with Gasteiger partial charge in [-0.1, -0.05) is 23.7 Å². The Morgan fingerprint density at radius 2 is 1.76 bits per heavy atom. The molecule has 0 aromatic heterocycles. The average molecular weight is 330 g/mol. The van der Waals surface area contributed by atoms with Crippen LogP contribution in [0, 0.1) is 11.6 Å². The first-order chi connectivity index (χ1) is 10.0. The number of hydrogen-bond donors (Lipinski definition) is 1. The highest BCUT2D eigenvalue weighted by Gasteiger charge is 2.15. The summed E-state index contributed by atoms with van der Waals surface area (Å²) >= 11 is 11.1. The van der Waals surface area contributed by atoms with Crippen molar-refractivity contribution >= 4 is 34.8 Å². The van der Waals surface area contributed by atoms with Crippen LogP contribution in [-0.4, -0.2) is 11.8 Å². The van der Waals surface area contributed by atoms with Gasteiger partial charge in [0.25, 0.3) is 5.91 Å². The van der Waals surface area contributed by atoms with E-state index in [1.165, 1.54) is 0 Å². The standard InChI is InChI=1S/C15H11Cl2F2NO/c16-6-5-9-1-3-10(4-2-9)20-15(21)11-7-14(19)12(17)8-13(11)18/h1-4,7-8H,5-6H2,(H,20,21). The molecule has 21 heavy (non-hydrogen) atoms. The van der Waals surface area contributed by atoms with Crippen LogP contribution in [0.1, 0.15) is 15.9 Å². The summed E-state index contributed by atoms with van der Waals surface area (Å²) in [6, 6.07) is 8.49. The molecule has 0 unspecified atom stereocenters. The molecule has 0 aliphatic rings. The average Bonchev–Trinajstić information content (AvgIpc) is 2.45. The van der Waals surface area contributed by atoms with Crippen molar-refractivity contribution in [1.82, 2.24) is 0 Å². The number of carbonyl (C=O) groups excluding carboxylic acids is 1. The van der Waals surface area contributed by atoms with E-state index >= 15 is 0 Å². The Kier molecular flexibility index (Phi) is 5.15. The molecule has 2 aromatic carbocycles. The first kappa shape index (κ1) is 15.7. The highest BCUT2D eigenvalue weighted by atomic mass is 35.5. The Balaban J connectivity index is 2.16. The molecule has 110 valence electrons. The van der Waals surface area contributed by atoms with Gasteiger partial charge in [-0.25, -0.2) is 8.78 Å². The number of amides is 1. The van der Waals surface area contributed by atoms with Crippen LogP contribution in [0.2, 0.25) is 5.02 Å². The van der Waals surface area contributed by atoms with E-state index in [0.29, 0.717) is 18.0 Å². The normalized spacial score (nSPS) is 10.5. The van der Waals surface area contributed by atoms with Gasteiger partial charge < -0.3 is 5.32 Å². The molecule has 0 fully saturated rings. The van der Waals surface area contributed by atoms with Crippen LogP contribution in [0.3, 0.4) is 0 Å². The summed E-state index contributed by atoms with van der Waals surface area (Å²) < 4.78 is 26.9. The van der Waals surface area contributed by atoms with Crippen molar-refractivity contribution in [3.63, 3.8) is 0 Å². The van der Waals surface area contributed by atoms with Gasteiger partial charge >= 0.3 is 0 Å². The third kappa shape index (κ3) is 3.93. The molecule has 1 amide bonds. The minimum atomic E-state index is -0.877. The molecular formula is C15H11Cl2F2NO. The molecule has 0 spiro atoms. The molecule has 1 N–H and O–H groups in total. The van der Waals surface area contributed by atoms with E-state index in [2.05, 4.69) is 5.32 Å². The fourth-order valence-corrected chi connectivity index (χ4v) is 2.13. The van der Waals surface area contributed by atoms with E-state index < -0.39 is 23.1 Å². The van der Waals surface area contributed by atoms with Gasteiger partial charge in [0, 0.05) is 11.6 Å². The Morgan fingerprint density at radius 3 is 2.38 bits per heavy atom. The molecule has 0 saturated carbocycles. The van der Waals surface area contributed by atoms with Gasteiger partial charge in [0.05, 0.1) is 10.6 Å². The summed E-state index contributed by atoms with van der Waals surface area (Å²) in [6.07, 6.45) is 0.715. The van der Waals surface area contributed by atoms with Crippen LogP contribution in [0.4, 0.5) is 14.5 Å². The number of aryl methyl sites for hydroxylation is 1. The zero-order valence-corrected chi connectivity index (χ0v) is 12.3. The van der Waals surface area contributed by atoms with E-state index in [9.17, 15) is 13.6 Å². The maximum absolute atomic E-state index is 13.6. The van der Waals surface area contributed by atoms with E-state index in [0.717, 1.165) is 17.7 Å². The minimum Gasteiger partial charge on any atom is -0.322 e. The second kappa shape index (κ2) is 6.87. The van der Waals surface area contributed by atoms with Crippen molar-refractivity contribution in [2.24, 2.45) is 0 Å². The molecule has 0 atom stereocenters. The van der Waals surface area contributed by atoms with Crippen molar-refractivity contribution in [3.8, 4) is 0 Å². The lowest BCUT2D eigenvalue weighted by molar-refractivity contribution is 0.102. The summed E-state index contributed by atoms with van der Waals surface area (Å²) in [5.41, 5.74) is 1.10. The maximum Gasteiger partial charge on any atom is 0.258 e. The van der Waals surface area contributed by atoms with Crippen molar-refractivity contribution in [2.75, 3.05) is 11.2 Å². The van der Waals surface area contributed by atoms with Crippen LogP contribution in [0.5, 0.6) is 0 Å². The number of nitrogens with one attached hydrogen (secondary N) is 1. The fraction of sp³-hybridized carbons (Fsp3) is 0.133. The number of alkyl halides is 1. The van der Waals surface area contributed by atoms with Gasteiger partial charge in [-0.2, -0.15) is 0 Å². The van der Waals surface area contributed by atoms with E-state index in [4.69, 9.17) is 23.2 Å². The zero-order valence-electron chi connectivity index (χ0n) is 10.8. The number of anilines is 1. The second-order valence-electron chi connectivity index (χ2n) is 4.34. The van der Waals surface area contributed by atoms with E-state index in [1.807, 2.05) is 0 Å². The van der Waals surface area contributed by atoms with Gasteiger partial charge in [0.2, 0.25) is 0 Å². The van der Waals surface area contributed by atoms with Crippen molar-refractivity contribution in [2.45, 2.75) is 6.42 Å². The minimum absolute atomic E-state index is 0.366. The molecule has 0 aliphatic carbocycles. The molecule has 0 radical (unpaired) electrons. The molecule has 2 nitrogen and oxygen atoms in total. The lowest BCUT2D eigenvalue weighted by atomic mass is 10.1. The predicted octanol–water partition coefficient (Wildman–Crippen LogP) is 4.65. The van der Waals surface area contributed by atoms with Gasteiger partial charge in [-0.05, 0) is 36.2 Å². The molecular weight excluding hydrogens is 319 g/mol. The molecule has 2 rings (SSSR count). The number of halogens is 4. The number of hydrogen-bond acceptors (Lipinski definition) is 1. The van der Waals surface area contributed by atoms with Gasteiger partial charge in [-0.15, -0.1) is 11.6 Å². The second-order valence-corrected chi connectivity index (χ2v) is 5.12. The van der Waals surface area contributed by atoms with Crippen LogP contribution < -0.4 is 5.32 Å². The van der Waals surface area contributed by atoms with Gasteiger partial charge in [0.15, 0.2) is 0 Å². The van der Waals surface area contributed by atoms with Gasteiger partial charge in [-0.3, -0.25) is 4.79 Å². The summed E-state index contributed by atoms with van der Waals surface area (Å²) in [5, 5.41) is 2.13. The third-order valence-corrected chi connectivity index (χ3v) is 3.33. The summed E-state index contributed by atoms with van der Waals surface area (Å²) in [5.74, 6) is -1.97. The Bertz CT molecular complexity index is 659. The smallest absolute Gasteiger partial charge is 0.258 e. The summed E-state index contributed by atoms with van der Waals surface area (Å²) in [6.45, 7) is 0.